The molecule has 1 aromatic rings. The second-order valence-electron chi connectivity index (χ2n) is 4.42. The van der Waals surface area contributed by atoms with Crippen molar-refractivity contribution in [3.63, 3.8) is 0 Å². The van der Waals surface area contributed by atoms with Crippen LogP contribution in [0.1, 0.15) is 23.2 Å². The number of esters is 1. The Morgan fingerprint density at radius 1 is 1.53 bits per heavy atom. The first kappa shape index (κ1) is 13.6. The third-order valence-corrected chi connectivity index (χ3v) is 3.16. The molecule has 0 spiro atoms. The highest BCUT2D eigenvalue weighted by molar-refractivity contribution is 5.97. The summed E-state index contributed by atoms with van der Waals surface area (Å²) in [6, 6.07) is 1.91. The fourth-order valence-corrected chi connectivity index (χ4v) is 2.19. The van der Waals surface area contributed by atoms with Gasteiger partial charge in [-0.3, -0.25) is 0 Å². The Bertz CT molecular complexity index is 445. The van der Waals surface area contributed by atoms with Crippen molar-refractivity contribution < 1.29 is 14.3 Å². The lowest BCUT2D eigenvalue weighted by Crippen LogP contribution is -2.39. The molecule has 2 rings (SSSR count). The molecule has 0 amide bonds. The van der Waals surface area contributed by atoms with Crippen LogP contribution in [0, 0.1) is 0 Å². The summed E-state index contributed by atoms with van der Waals surface area (Å²) in [5.74, 6) is 0.532. The molecule has 0 radical (unpaired) electrons. The number of piperidine rings is 1. The van der Waals surface area contributed by atoms with Crippen LogP contribution in [0.4, 0.5) is 5.82 Å². The third kappa shape index (κ3) is 3.14. The first-order chi connectivity index (χ1) is 9.26. The number of carbonyl (C=O) groups is 1. The predicted molar refractivity (Wildman–Crippen MR) is 71.6 cm³/mol. The number of carbonyl (C=O) groups excluding carboxylic acids is 1. The van der Waals surface area contributed by atoms with E-state index in [1.54, 1.807) is 12.3 Å². The zero-order valence-corrected chi connectivity index (χ0v) is 11.2. The van der Waals surface area contributed by atoms with Crippen LogP contribution in [0.15, 0.2) is 12.3 Å². The van der Waals surface area contributed by atoms with Crippen LogP contribution in [0.25, 0.3) is 0 Å². The van der Waals surface area contributed by atoms with Crippen LogP contribution < -0.4 is 15.4 Å². The Balaban J connectivity index is 2.25. The van der Waals surface area contributed by atoms with Gasteiger partial charge in [0.1, 0.15) is 17.1 Å². The normalized spacial score (nSPS) is 18.7. The van der Waals surface area contributed by atoms with Gasteiger partial charge in [0.05, 0.1) is 14.2 Å². The Labute approximate surface area is 112 Å². The fourth-order valence-electron chi connectivity index (χ4n) is 2.19. The number of hydrogen-bond acceptors (Lipinski definition) is 6. The van der Waals surface area contributed by atoms with Gasteiger partial charge < -0.3 is 20.1 Å². The zero-order valence-electron chi connectivity index (χ0n) is 11.2. The summed E-state index contributed by atoms with van der Waals surface area (Å²) >= 11 is 0. The first-order valence-corrected chi connectivity index (χ1v) is 6.34. The van der Waals surface area contributed by atoms with Crippen LogP contribution in [-0.4, -0.2) is 44.3 Å². The summed E-state index contributed by atoms with van der Waals surface area (Å²) < 4.78 is 10.00. The molecule has 1 atom stereocenters. The average molecular weight is 265 g/mol. The van der Waals surface area contributed by atoms with Gasteiger partial charge in [-0.05, 0) is 25.5 Å². The van der Waals surface area contributed by atoms with Gasteiger partial charge in [0.15, 0.2) is 0 Å². The van der Waals surface area contributed by atoms with E-state index < -0.39 is 5.97 Å². The average Bonchev–Trinajstić information content (AvgIpc) is 2.47. The summed E-state index contributed by atoms with van der Waals surface area (Å²) in [6.07, 6.45) is 3.77. The van der Waals surface area contributed by atoms with E-state index in [0.29, 0.717) is 17.1 Å². The molecule has 6 nitrogen and oxygen atoms in total. The molecule has 1 aliphatic rings. The van der Waals surface area contributed by atoms with Gasteiger partial charge in [0.2, 0.25) is 0 Å². The molecule has 2 heterocycles. The van der Waals surface area contributed by atoms with Gasteiger partial charge in [-0.15, -0.1) is 0 Å². The van der Waals surface area contributed by atoms with Crippen molar-refractivity contribution >= 4 is 11.8 Å². The van der Waals surface area contributed by atoms with E-state index in [-0.39, 0.29) is 6.04 Å². The molecule has 1 fully saturated rings. The molecule has 1 aromatic heterocycles. The van der Waals surface area contributed by atoms with Crippen LogP contribution in [0.3, 0.4) is 0 Å². The minimum absolute atomic E-state index is 0.261. The lowest BCUT2D eigenvalue weighted by molar-refractivity contribution is 0.0597. The van der Waals surface area contributed by atoms with Crippen molar-refractivity contribution in [2.45, 2.75) is 18.9 Å². The quantitative estimate of drug-likeness (QED) is 0.793. The molecule has 6 heteroatoms. The van der Waals surface area contributed by atoms with Crippen molar-refractivity contribution in [2.75, 3.05) is 32.6 Å². The Kier molecular flexibility index (Phi) is 4.57. The molecule has 2 N–H and O–H groups in total. The van der Waals surface area contributed by atoms with E-state index in [1.807, 2.05) is 0 Å². The standard InChI is InChI=1S/C13H19N3O3/c1-18-10-5-7-15-12(11(10)13(17)19-2)16-9-4-3-6-14-8-9/h5,7,9,14H,3-4,6,8H2,1-2H3,(H,15,16). The monoisotopic (exact) mass is 265 g/mol. The second-order valence-corrected chi connectivity index (χ2v) is 4.42. The van der Waals surface area contributed by atoms with E-state index in [0.717, 1.165) is 25.9 Å². The van der Waals surface area contributed by atoms with Crippen molar-refractivity contribution in [2.24, 2.45) is 0 Å². The number of nitrogens with one attached hydrogen (secondary N) is 2. The van der Waals surface area contributed by atoms with E-state index in [4.69, 9.17) is 9.47 Å². The highest BCUT2D eigenvalue weighted by atomic mass is 16.5. The number of ether oxygens (including phenoxy) is 2. The smallest absolute Gasteiger partial charge is 0.345 e. The maximum Gasteiger partial charge on any atom is 0.345 e. The largest absolute Gasteiger partial charge is 0.496 e. The molecule has 1 saturated heterocycles. The minimum atomic E-state index is -0.448. The summed E-state index contributed by atoms with van der Waals surface area (Å²) in [5, 5.41) is 6.59. The number of rotatable bonds is 4. The second kappa shape index (κ2) is 6.38. The van der Waals surface area contributed by atoms with Crippen molar-refractivity contribution in [1.29, 1.82) is 0 Å². The molecular weight excluding hydrogens is 246 g/mol. The number of aromatic nitrogens is 1. The summed E-state index contributed by atoms with van der Waals surface area (Å²) in [5.41, 5.74) is 0.345. The highest BCUT2D eigenvalue weighted by Crippen LogP contribution is 2.26. The van der Waals surface area contributed by atoms with E-state index >= 15 is 0 Å². The summed E-state index contributed by atoms with van der Waals surface area (Å²) in [7, 11) is 2.87. The Morgan fingerprint density at radius 2 is 2.37 bits per heavy atom. The molecule has 104 valence electrons. The number of hydrogen-bond donors (Lipinski definition) is 2. The van der Waals surface area contributed by atoms with Crippen molar-refractivity contribution in [1.82, 2.24) is 10.3 Å². The van der Waals surface area contributed by atoms with Gasteiger partial charge >= 0.3 is 5.97 Å². The highest BCUT2D eigenvalue weighted by Gasteiger charge is 2.22. The first-order valence-electron chi connectivity index (χ1n) is 6.34. The number of methoxy groups -OCH3 is 2. The molecule has 1 aliphatic heterocycles. The minimum Gasteiger partial charge on any atom is -0.496 e. The van der Waals surface area contributed by atoms with E-state index in [9.17, 15) is 4.79 Å². The van der Waals surface area contributed by atoms with Crippen LogP contribution in [-0.2, 0) is 4.74 Å². The van der Waals surface area contributed by atoms with Crippen molar-refractivity contribution in [3.8, 4) is 5.75 Å². The maximum atomic E-state index is 11.9. The number of nitrogens with zero attached hydrogens (tertiary/aromatic N) is 1. The molecule has 1 unspecified atom stereocenters. The number of pyridine rings is 1. The number of anilines is 1. The third-order valence-electron chi connectivity index (χ3n) is 3.16. The van der Waals surface area contributed by atoms with Crippen LogP contribution in [0.2, 0.25) is 0 Å². The topological polar surface area (TPSA) is 72.5 Å². The van der Waals surface area contributed by atoms with Crippen molar-refractivity contribution in [3.05, 3.63) is 17.8 Å². The van der Waals surface area contributed by atoms with Gasteiger partial charge in [0, 0.05) is 18.8 Å². The lowest BCUT2D eigenvalue weighted by Gasteiger charge is -2.25. The molecule has 0 bridgehead atoms. The fraction of sp³-hybridized carbons (Fsp3) is 0.538. The predicted octanol–water partition coefficient (Wildman–Crippen LogP) is 1.04. The Hall–Kier alpha value is -1.82. The van der Waals surface area contributed by atoms with Gasteiger partial charge in [-0.25, -0.2) is 9.78 Å². The zero-order chi connectivity index (χ0) is 13.7. The summed E-state index contributed by atoms with van der Waals surface area (Å²) in [6.45, 7) is 1.90. The lowest BCUT2D eigenvalue weighted by atomic mass is 10.1. The SMILES string of the molecule is COC(=O)c1c(OC)ccnc1NC1CCCNC1. The molecule has 19 heavy (non-hydrogen) atoms. The van der Waals surface area contributed by atoms with E-state index in [2.05, 4.69) is 15.6 Å². The molecular formula is C13H19N3O3. The molecule has 0 aromatic carbocycles. The van der Waals surface area contributed by atoms with Crippen LogP contribution >= 0.6 is 0 Å². The van der Waals surface area contributed by atoms with Gasteiger partial charge in [-0.2, -0.15) is 0 Å². The summed E-state index contributed by atoms with van der Waals surface area (Å²) in [4.78, 5) is 16.1. The molecule has 0 saturated carbocycles. The maximum absolute atomic E-state index is 11.9. The van der Waals surface area contributed by atoms with Gasteiger partial charge in [-0.1, -0.05) is 0 Å². The Morgan fingerprint density at radius 3 is 3.00 bits per heavy atom. The van der Waals surface area contributed by atoms with Crippen LogP contribution in [0.5, 0.6) is 5.75 Å². The van der Waals surface area contributed by atoms with E-state index in [1.165, 1.54) is 14.2 Å². The molecule has 0 aliphatic carbocycles. The van der Waals surface area contributed by atoms with Gasteiger partial charge in [0.25, 0.3) is 0 Å².